The van der Waals surface area contributed by atoms with E-state index < -0.39 is 157 Å². The Bertz CT molecular complexity index is 2160. The highest BCUT2D eigenvalue weighted by atomic mass is 19.4. The molecule has 0 saturated carbocycles. The minimum absolute atomic E-state index is 0.103. The van der Waals surface area contributed by atoms with Crippen LogP contribution in [0.1, 0.15) is 54.4 Å². The van der Waals surface area contributed by atoms with Gasteiger partial charge in [0, 0.05) is 18.4 Å². The number of carbonyl (C=O) groups is 1. The average molecular weight is 1030 g/mol. The van der Waals surface area contributed by atoms with E-state index in [9.17, 15) is 124 Å². The molecule has 0 saturated heterocycles. The Kier molecular flexibility index (Phi) is 16.5. The van der Waals surface area contributed by atoms with Crippen LogP contribution in [0.3, 0.4) is 0 Å². The molecule has 0 heterocycles. The van der Waals surface area contributed by atoms with Crippen molar-refractivity contribution in [1.82, 2.24) is 0 Å². The van der Waals surface area contributed by atoms with Gasteiger partial charge in [-0.25, -0.2) is 0 Å². The molecule has 0 radical (unpaired) electrons. The van der Waals surface area contributed by atoms with Crippen molar-refractivity contribution in [3.63, 3.8) is 0 Å². The molecule has 1 N–H and O–H groups in total. The third kappa shape index (κ3) is 10.8. The van der Waals surface area contributed by atoms with Crippen molar-refractivity contribution in [3.05, 3.63) is 63.8 Å². The van der Waals surface area contributed by atoms with Crippen LogP contribution in [0.2, 0.25) is 0 Å². The second-order valence-electron chi connectivity index (χ2n) is 13.7. The maximum Gasteiger partial charge on any atom is 0.460 e. The molecule has 0 bridgehead atoms. The summed E-state index contributed by atoms with van der Waals surface area (Å²) in [6.45, 7) is -2.25. The molecular formula is C35H24F26N2O4. The molecule has 0 aromatic heterocycles. The third-order valence-corrected chi connectivity index (χ3v) is 8.97. The molecule has 1 amide bonds. The number of unbranched alkanes of at least 4 members (excludes halogenated alkanes) is 2. The molecule has 0 aliphatic heterocycles. The van der Waals surface area contributed by atoms with Crippen LogP contribution in [0.15, 0.2) is 47.3 Å². The number of halogens is 26. The summed E-state index contributed by atoms with van der Waals surface area (Å²) < 4.78 is 359. The first kappa shape index (κ1) is 58.0. The number of anilines is 1. The number of hydrogen-bond acceptors (Lipinski definition) is 5. The van der Waals surface area contributed by atoms with Crippen LogP contribution in [-0.4, -0.2) is 90.7 Å². The van der Waals surface area contributed by atoms with Crippen LogP contribution in [0, 0.1) is 11.3 Å². The molecule has 2 rings (SSSR count). The van der Waals surface area contributed by atoms with E-state index in [-0.39, 0.29) is 5.56 Å². The quantitative estimate of drug-likeness (QED) is 0.0938. The highest BCUT2D eigenvalue weighted by molar-refractivity contribution is 6.04. The van der Waals surface area contributed by atoms with Crippen molar-refractivity contribution in [1.29, 1.82) is 5.26 Å². The molecule has 0 fully saturated rings. The topological polar surface area (TPSA) is 88.4 Å². The molecule has 6 nitrogen and oxygen atoms in total. The summed E-state index contributed by atoms with van der Waals surface area (Å²) in [5, 5.41) is 11.0. The van der Waals surface area contributed by atoms with E-state index in [1.807, 2.05) is 5.32 Å². The van der Waals surface area contributed by atoms with E-state index in [0.29, 0.717) is 12.1 Å². The van der Waals surface area contributed by atoms with E-state index in [1.54, 1.807) is 6.07 Å². The molecular weight excluding hydrogens is 1010 g/mol. The molecule has 0 aliphatic carbocycles. The standard InChI is InChI=1S/C35H24F26N2O4/c36-24(37,26(40,41)28(44,45)30(48,49)32(52,53)34(56,57)58)11-1-3-13-66-21-10-7-18(23(65)63-19-8-5-17(16-62)6-9-20(19)64)15-22(21)67-14-4-2-12-25(38,39)27(42,43)29(46,47)31(50,51)33(54,55)35(59,60)61/h5-10,15H,1-4,11-14H2,(H,63,64,65). The molecule has 32 heteroatoms. The molecule has 67 heavy (non-hydrogen) atoms. The van der Waals surface area contributed by atoms with Gasteiger partial charge in [0.15, 0.2) is 11.5 Å². The normalized spacial score (nSPS) is 14.4. The number of hydrogen-bond donors (Lipinski definition) is 1. The summed E-state index contributed by atoms with van der Waals surface area (Å²) >= 11 is 0. The Morgan fingerprint density at radius 3 is 1.24 bits per heavy atom. The molecule has 2 aromatic rings. The number of benzene rings is 1. The van der Waals surface area contributed by atoms with Gasteiger partial charge < -0.3 is 14.8 Å². The Hall–Kier alpha value is -5.15. The van der Waals surface area contributed by atoms with Gasteiger partial charge in [-0.15, -0.1) is 0 Å². The van der Waals surface area contributed by atoms with Crippen LogP contribution in [-0.2, 0) is 0 Å². The van der Waals surface area contributed by atoms with Gasteiger partial charge in [-0.1, -0.05) is 0 Å². The van der Waals surface area contributed by atoms with Crippen molar-refractivity contribution in [2.75, 3.05) is 18.5 Å². The fourth-order valence-corrected chi connectivity index (χ4v) is 5.00. The van der Waals surface area contributed by atoms with Crippen molar-refractivity contribution in [2.45, 2.75) is 110 Å². The summed E-state index contributed by atoms with van der Waals surface area (Å²) in [6, 6.07) is 7.48. The smallest absolute Gasteiger partial charge is 0.460 e. The molecule has 0 spiro atoms. The minimum Gasteiger partial charge on any atom is -0.490 e. The SMILES string of the molecule is N#Cc1ccc(NC(=O)c2ccc(OCCCCC(F)(F)C(F)(F)C(F)(F)C(F)(F)C(F)(F)C(F)(F)F)c(OCCCCC(F)(F)C(F)(F)C(F)(F)C(F)(F)C(F)(F)C(F)(F)F)c2)c(=O)cc1. The lowest BCUT2D eigenvalue weighted by Crippen LogP contribution is -2.70. The van der Waals surface area contributed by atoms with Crippen molar-refractivity contribution in [3.8, 4) is 17.6 Å². The lowest BCUT2D eigenvalue weighted by molar-refractivity contribution is -0.440. The zero-order chi connectivity index (χ0) is 52.5. The molecule has 0 unspecified atom stereocenters. The van der Waals surface area contributed by atoms with Gasteiger partial charge in [-0.2, -0.15) is 119 Å². The number of amides is 1. The van der Waals surface area contributed by atoms with Crippen molar-refractivity contribution in [2.24, 2.45) is 0 Å². The summed E-state index contributed by atoms with van der Waals surface area (Å²) in [4.78, 5) is 25.2. The molecule has 380 valence electrons. The Morgan fingerprint density at radius 1 is 0.478 bits per heavy atom. The van der Waals surface area contributed by atoms with E-state index in [0.717, 1.165) is 30.3 Å². The number of ether oxygens (including phenoxy) is 2. The monoisotopic (exact) mass is 1030 g/mol. The van der Waals surface area contributed by atoms with E-state index >= 15 is 0 Å². The van der Waals surface area contributed by atoms with Crippen LogP contribution in [0.5, 0.6) is 11.5 Å². The first-order valence-electron chi connectivity index (χ1n) is 17.5. The number of nitriles is 1. The Labute approximate surface area is 355 Å². The Balaban J connectivity index is 2.33. The minimum atomic E-state index is -8.17. The zero-order valence-electron chi connectivity index (χ0n) is 32.1. The van der Waals surface area contributed by atoms with Gasteiger partial charge in [0.2, 0.25) is 5.43 Å². The second kappa shape index (κ2) is 19.1. The van der Waals surface area contributed by atoms with Crippen LogP contribution in [0.25, 0.3) is 0 Å². The summed E-state index contributed by atoms with van der Waals surface area (Å²) in [5.74, 6) is -79.5. The predicted molar refractivity (Wildman–Crippen MR) is 172 cm³/mol. The second-order valence-corrected chi connectivity index (χ2v) is 13.7. The van der Waals surface area contributed by atoms with Gasteiger partial charge >= 0.3 is 71.6 Å². The number of alkyl halides is 26. The summed E-state index contributed by atoms with van der Waals surface area (Å²) in [7, 11) is 0. The maximum atomic E-state index is 14.2. The zero-order valence-corrected chi connectivity index (χ0v) is 32.1. The Morgan fingerprint density at radius 2 is 0.851 bits per heavy atom. The maximum absolute atomic E-state index is 14.2. The predicted octanol–water partition coefficient (Wildman–Crippen LogP) is 12.7. The van der Waals surface area contributed by atoms with Crippen LogP contribution >= 0.6 is 0 Å². The lowest BCUT2D eigenvalue weighted by atomic mass is 9.92. The first-order valence-corrected chi connectivity index (χ1v) is 17.5. The van der Waals surface area contributed by atoms with Gasteiger partial charge in [-0.05, 0) is 68.1 Å². The fourth-order valence-electron chi connectivity index (χ4n) is 5.00. The fraction of sp³-hybridized carbons (Fsp3) is 0.571. The van der Waals surface area contributed by atoms with Crippen molar-refractivity contribution >= 4 is 11.6 Å². The number of rotatable bonds is 22. The lowest BCUT2D eigenvalue weighted by Gasteiger charge is -2.39. The van der Waals surface area contributed by atoms with E-state index in [1.165, 1.54) is 0 Å². The van der Waals surface area contributed by atoms with E-state index in [2.05, 4.69) is 0 Å². The van der Waals surface area contributed by atoms with Crippen molar-refractivity contribution < 1.29 is 128 Å². The van der Waals surface area contributed by atoms with Gasteiger partial charge in [0.1, 0.15) is 0 Å². The first-order chi connectivity index (χ1) is 29.9. The third-order valence-electron chi connectivity index (χ3n) is 8.97. The molecule has 0 aliphatic rings. The van der Waals surface area contributed by atoms with Gasteiger partial charge in [-0.3, -0.25) is 9.59 Å². The highest BCUT2D eigenvalue weighted by Crippen LogP contribution is 2.62. The number of nitrogens with one attached hydrogen (secondary N) is 1. The highest BCUT2D eigenvalue weighted by Gasteiger charge is 2.92. The largest absolute Gasteiger partial charge is 0.490 e. The average Bonchev–Trinajstić information content (AvgIpc) is 3.36. The van der Waals surface area contributed by atoms with Crippen LogP contribution < -0.4 is 20.2 Å². The number of nitrogens with zero attached hydrogens (tertiary/aromatic N) is 1. The van der Waals surface area contributed by atoms with Crippen LogP contribution in [0.4, 0.5) is 120 Å². The summed E-state index contributed by atoms with van der Waals surface area (Å²) in [5.41, 5.74) is -2.15. The number of carbonyl (C=O) groups excluding carboxylic acids is 1. The summed E-state index contributed by atoms with van der Waals surface area (Å²) in [6.07, 6.45) is -25.9. The molecule has 2 aromatic carbocycles. The van der Waals surface area contributed by atoms with Gasteiger partial charge in [0.05, 0.1) is 30.5 Å². The van der Waals surface area contributed by atoms with E-state index in [4.69, 9.17) is 14.7 Å². The molecule has 0 atom stereocenters. The van der Waals surface area contributed by atoms with Gasteiger partial charge in [0.25, 0.3) is 5.91 Å².